The minimum Gasteiger partial charge on any atom is -0.364 e. The molecule has 1 aliphatic rings. The van der Waals surface area contributed by atoms with Crippen LogP contribution in [0.4, 0.5) is 0 Å². The highest BCUT2D eigenvalue weighted by molar-refractivity contribution is 5.93. The van der Waals surface area contributed by atoms with Crippen molar-refractivity contribution in [3.05, 3.63) is 17.5 Å². The summed E-state index contributed by atoms with van der Waals surface area (Å²) in [5.74, 6) is 0.0257. The molecule has 1 unspecified atom stereocenters. The third-order valence-electron chi connectivity index (χ3n) is 3.31. The van der Waals surface area contributed by atoms with Crippen LogP contribution in [0.2, 0.25) is 0 Å². The van der Waals surface area contributed by atoms with Crippen LogP contribution in [-0.2, 0) is 0 Å². The minimum absolute atomic E-state index is 0.0257. The van der Waals surface area contributed by atoms with Crippen LogP contribution >= 0.6 is 0 Å². The molecule has 1 amide bonds. The number of aryl methyl sites for hydroxylation is 1. The van der Waals surface area contributed by atoms with Gasteiger partial charge < -0.3 is 9.42 Å². The molecule has 0 bridgehead atoms. The van der Waals surface area contributed by atoms with Crippen LogP contribution in [0.25, 0.3) is 0 Å². The largest absolute Gasteiger partial charge is 0.364 e. The molecular weight excluding hydrogens is 204 g/mol. The van der Waals surface area contributed by atoms with Crippen molar-refractivity contribution < 1.29 is 9.32 Å². The van der Waals surface area contributed by atoms with Gasteiger partial charge in [0.15, 0.2) is 5.69 Å². The zero-order chi connectivity index (χ0) is 11.5. The van der Waals surface area contributed by atoms with Gasteiger partial charge in [0.2, 0.25) is 0 Å². The Morgan fingerprint density at radius 2 is 2.44 bits per heavy atom. The maximum absolute atomic E-state index is 12.3. The molecular formula is C12H18N2O2. The van der Waals surface area contributed by atoms with Crippen LogP contribution in [-0.4, -0.2) is 28.6 Å². The van der Waals surface area contributed by atoms with Gasteiger partial charge in [-0.15, -0.1) is 0 Å². The Balaban J connectivity index is 2.17. The van der Waals surface area contributed by atoms with Crippen molar-refractivity contribution in [1.82, 2.24) is 10.1 Å². The fourth-order valence-electron chi connectivity index (χ4n) is 2.32. The van der Waals surface area contributed by atoms with Crippen LogP contribution in [0.1, 0.15) is 48.7 Å². The summed E-state index contributed by atoms with van der Waals surface area (Å²) in [5, 5.41) is 3.79. The van der Waals surface area contributed by atoms with Gasteiger partial charge in [-0.1, -0.05) is 12.1 Å². The van der Waals surface area contributed by atoms with E-state index in [2.05, 4.69) is 12.1 Å². The molecule has 0 radical (unpaired) electrons. The molecule has 0 aliphatic carbocycles. The summed E-state index contributed by atoms with van der Waals surface area (Å²) < 4.78 is 4.83. The number of carbonyl (C=O) groups is 1. The van der Waals surface area contributed by atoms with E-state index in [-0.39, 0.29) is 5.91 Å². The Morgan fingerprint density at radius 1 is 1.62 bits per heavy atom. The van der Waals surface area contributed by atoms with Gasteiger partial charge in [-0.25, -0.2) is 0 Å². The van der Waals surface area contributed by atoms with Crippen LogP contribution in [0.5, 0.6) is 0 Å². The Kier molecular flexibility index (Phi) is 3.27. The summed E-state index contributed by atoms with van der Waals surface area (Å²) in [4.78, 5) is 14.2. The van der Waals surface area contributed by atoms with Gasteiger partial charge >= 0.3 is 0 Å². The van der Waals surface area contributed by atoms with E-state index in [0.29, 0.717) is 11.7 Å². The lowest BCUT2D eigenvalue weighted by Gasteiger charge is -2.34. The third kappa shape index (κ3) is 1.96. The SMILES string of the molecule is CCC1CCCCN1C(=O)c1nocc1C. The molecule has 0 spiro atoms. The molecule has 2 rings (SSSR count). The Hall–Kier alpha value is -1.32. The van der Waals surface area contributed by atoms with Gasteiger partial charge in [-0.3, -0.25) is 4.79 Å². The summed E-state index contributed by atoms with van der Waals surface area (Å²) in [5.41, 5.74) is 1.30. The molecule has 1 aliphatic heterocycles. The average molecular weight is 222 g/mol. The average Bonchev–Trinajstić information content (AvgIpc) is 2.74. The number of aromatic nitrogens is 1. The van der Waals surface area contributed by atoms with Crippen molar-refractivity contribution in [1.29, 1.82) is 0 Å². The summed E-state index contributed by atoms with van der Waals surface area (Å²) in [6, 6.07) is 0.373. The van der Waals surface area contributed by atoms with Crippen molar-refractivity contribution in [2.75, 3.05) is 6.54 Å². The second kappa shape index (κ2) is 4.68. The normalized spacial score (nSPS) is 21.1. The van der Waals surface area contributed by atoms with Gasteiger partial charge in [-0.05, 0) is 32.6 Å². The summed E-state index contributed by atoms with van der Waals surface area (Å²) >= 11 is 0. The van der Waals surface area contributed by atoms with Gasteiger partial charge in [-0.2, -0.15) is 0 Å². The van der Waals surface area contributed by atoms with Crippen molar-refractivity contribution in [3.8, 4) is 0 Å². The lowest BCUT2D eigenvalue weighted by Crippen LogP contribution is -2.43. The van der Waals surface area contributed by atoms with Crippen LogP contribution in [0, 0.1) is 6.92 Å². The highest BCUT2D eigenvalue weighted by Crippen LogP contribution is 2.22. The van der Waals surface area contributed by atoms with E-state index >= 15 is 0 Å². The summed E-state index contributed by atoms with van der Waals surface area (Å²) in [6.07, 6.45) is 5.97. The molecule has 2 heterocycles. The Morgan fingerprint density at radius 3 is 3.06 bits per heavy atom. The maximum Gasteiger partial charge on any atom is 0.276 e. The van der Waals surface area contributed by atoms with E-state index in [1.165, 1.54) is 12.7 Å². The molecule has 1 aromatic heterocycles. The second-order valence-electron chi connectivity index (χ2n) is 4.40. The van der Waals surface area contributed by atoms with Crippen molar-refractivity contribution in [2.45, 2.75) is 45.6 Å². The number of rotatable bonds is 2. The fraction of sp³-hybridized carbons (Fsp3) is 0.667. The van der Waals surface area contributed by atoms with Crippen LogP contribution < -0.4 is 0 Å². The van der Waals surface area contributed by atoms with E-state index < -0.39 is 0 Å². The molecule has 4 heteroatoms. The molecule has 4 nitrogen and oxygen atoms in total. The first kappa shape index (κ1) is 11.2. The zero-order valence-electron chi connectivity index (χ0n) is 9.90. The van der Waals surface area contributed by atoms with Crippen molar-refractivity contribution >= 4 is 5.91 Å². The number of carbonyl (C=O) groups excluding carboxylic acids is 1. The molecule has 16 heavy (non-hydrogen) atoms. The first-order valence-electron chi connectivity index (χ1n) is 5.96. The molecule has 1 atom stereocenters. The van der Waals surface area contributed by atoms with E-state index in [1.54, 1.807) is 0 Å². The van der Waals surface area contributed by atoms with Gasteiger partial charge in [0, 0.05) is 18.2 Å². The Labute approximate surface area is 95.6 Å². The molecule has 1 saturated heterocycles. The lowest BCUT2D eigenvalue weighted by atomic mass is 9.99. The molecule has 88 valence electrons. The fourth-order valence-corrected chi connectivity index (χ4v) is 2.32. The van der Waals surface area contributed by atoms with Gasteiger partial charge in [0.05, 0.1) is 0 Å². The molecule has 1 aromatic rings. The van der Waals surface area contributed by atoms with Crippen LogP contribution in [0.15, 0.2) is 10.8 Å². The lowest BCUT2D eigenvalue weighted by molar-refractivity contribution is 0.0597. The second-order valence-corrected chi connectivity index (χ2v) is 4.40. The summed E-state index contributed by atoms with van der Waals surface area (Å²) in [7, 11) is 0. The number of nitrogens with zero attached hydrogens (tertiary/aromatic N) is 2. The number of piperidine rings is 1. The third-order valence-corrected chi connectivity index (χ3v) is 3.31. The smallest absolute Gasteiger partial charge is 0.276 e. The highest BCUT2D eigenvalue weighted by atomic mass is 16.5. The van der Waals surface area contributed by atoms with E-state index in [4.69, 9.17) is 4.52 Å². The van der Waals surface area contributed by atoms with E-state index in [9.17, 15) is 4.79 Å². The first-order chi connectivity index (χ1) is 7.74. The number of amides is 1. The van der Waals surface area contributed by atoms with Gasteiger partial charge in [0.25, 0.3) is 5.91 Å². The number of hydrogen-bond acceptors (Lipinski definition) is 3. The standard InChI is InChI=1S/C12H18N2O2/c1-3-10-6-4-5-7-14(10)12(15)11-9(2)8-16-13-11/h8,10H,3-7H2,1-2H3. The molecule has 0 saturated carbocycles. The van der Waals surface area contributed by atoms with Crippen LogP contribution in [0.3, 0.4) is 0 Å². The predicted molar refractivity (Wildman–Crippen MR) is 60.2 cm³/mol. The van der Waals surface area contributed by atoms with E-state index in [0.717, 1.165) is 31.4 Å². The van der Waals surface area contributed by atoms with Crippen molar-refractivity contribution in [2.24, 2.45) is 0 Å². The minimum atomic E-state index is 0.0257. The monoisotopic (exact) mass is 222 g/mol. The van der Waals surface area contributed by atoms with Gasteiger partial charge in [0.1, 0.15) is 6.26 Å². The first-order valence-corrected chi connectivity index (χ1v) is 5.96. The quantitative estimate of drug-likeness (QED) is 0.771. The zero-order valence-corrected chi connectivity index (χ0v) is 9.90. The van der Waals surface area contributed by atoms with Crippen molar-refractivity contribution in [3.63, 3.8) is 0 Å². The molecule has 0 N–H and O–H groups in total. The molecule has 0 aromatic carbocycles. The number of hydrogen-bond donors (Lipinski definition) is 0. The maximum atomic E-state index is 12.3. The number of likely N-dealkylation sites (tertiary alicyclic amines) is 1. The highest BCUT2D eigenvalue weighted by Gasteiger charge is 2.28. The summed E-state index contributed by atoms with van der Waals surface area (Å²) in [6.45, 7) is 4.84. The predicted octanol–water partition coefficient (Wildman–Crippen LogP) is 2.39. The molecule has 1 fully saturated rings. The Bertz CT molecular complexity index is 373. The van der Waals surface area contributed by atoms with E-state index in [1.807, 2.05) is 11.8 Å². The topological polar surface area (TPSA) is 46.3 Å².